The molecule has 3 nitrogen and oxygen atoms in total. The van der Waals surface area contributed by atoms with Gasteiger partial charge in [-0.1, -0.05) is 25.5 Å². The Bertz CT molecular complexity index is 409. The van der Waals surface area contributed by atoms with Gasteiger partial charge in [0.2, 0.25) is 0 Å². The predicted molar refractivity (Wildman–Crippen MR) is 54.8 cm³/mol. The summed E-state index contributed by atoms with van der Waals surface area (Å²) in [6.45, 7) is 1.95. The summed E-state index contributed by atoms with van der Waals surface area (Å²) in [4.78, 5) is 23.4. The lowest BCUT2D eigenvalue weighted by molar-refractivity contribution is -0.138. The van der Waals surface area contributed by atoms with Crippen molar-refractivity contribution in [1.29, 1.82) is 0 Å². The van der Waals surface area contributed by atoms with Gasteiger partial charge in [-0.25, -0.2) is 0 Å². The maximum absolute atomic E-state index is 11.9. The molecule has 0 spiro atoms. The SMILES string of the molecule is CCCC1C(=O)Oc2ccccc2C1=O. The summed E-state index contributed by atoms with van der Waals surface area (Å²) in [6.07, 6.45) is 1.36. The van der Waals surface area contributed by atoms with Gasteiger partial charge in [-0.15, -0.1) is 0 Å². The topological polar surface area (TPSA) is 43.4 Å². The fourth-order valence-corrected chi connectivity index (χ4v) is 1.77. The van der Waals surface area contributed by atoms with Crippen LogP contribution in [0.25, 0.3) is 0 Å². The highest BCUT2D eigenvalue weighted by Crippen LogP contribution is 2.29. The molecular weight excluding hydrogens is 192 g/mol. The minimum atomic E-state index is -0.607. The summed E-state index contributed by atoms with van der Waals surface area (Å²) in [6, 6.07) is 6.87. The second kappa shape index (κ2) is 3.85. The lowest BCUT2D eigenvalue weighted by atomic mass is 9.91. The van der Waals surface area contributed by atoms with Gasteiger partial charge in [-0.2, -0.15) is 0 Å². The maximum Gasteiger partial charge on any atom is 0.322 e. The van der Waals surface area contributed by atoms with Crippen LogP contribution in [0.5, 0.6) is 5.75 Å². The van der Waals surface area contributed by atoms with Gasteiger partial charge in [-0.3, -0.25) is 9.59 Å². The highest BCUT2D eigenvalue weighted by molar-refractivity contribution is 6.13. The number of para-hydroxylation sites is 1. The van der Waals surface area contributed by atoms with Crippen LogP contribution in [0.1, 0.15) is 30.1 Å². The summed E-state index contributed by atoms with van der Waals surface area (Å²) >= 11 is 0. The van der Waals surface area contributed by atoms with Crippen molar-refractivity contribution in [3.8, 4) is 5.75 Å². The molecule has 0 N–H and O–H groups in total. The Labute approximate surface area is 88.1 Å². The zero-order valence-corrected chi connectivity index (χ0v) is 8.53. The van der Waals surface area contributed by atoms with Crippen LogP contribution < -0.4 is 4.74 Å². The van der Waals surface area contributed by atoms with E-state index in [1.807, 2.05) is 6.92 Å². The fourth-order valence-electron chi connectivity index (χ4n) is 1.77. The van der Waals surface area contributed by atoms with Gasteiger partial charge in [0.15, 0.2) is 5.78 Å². The van der Waals surface area contributed by atoms with E-state index in [1.54, 1.807) is 24.3 Å². The molecular formula is C12H12O3. The zero-order valence-electron chi connectivity index (χ0n) is 8.53. The zero-order chi connectivity index (χ0) is 10.8. The first-order chi connectivity index (χ1) is 7.24. The highest BCUT2D eigenvalue weighted by atomic mass is 16.5. The van der Waals surface area contributed by atoms with Crippen LogP contribution in [0.4, 0.5) is 0 Å². The Morgan fingerprint density at radius 3 is 2.73 bits per heavy atom. The average molecular weight is 204 g/mol. The first-order valence-electron chi connectivity index (χ1n) is 5.09. The van der Waals surface area contributed by atoms with Crippen LogP contribution in [0, 0.1) is 5.92 Å². The van der Waals surface area contributed by atoms with Crippen LogP contribution in [0.15, 0.2) is 24.3 Å². The van der Waals surface area contributed by atoms with Gasteiger partial charge in [0.05, 0.1) is 5.56 Å². The van der Waals surface area contributed by atoms with Crippen LogP contribution in [-0.4, -0.2) is 11.8 Å². The van der Waals surface area contributed by atoms with E-state index in [0.29, 0.717) is 17.7 Å². The number of hydrogen-bond acceptors (Lipinski definition) is 3. The molecule has 78 valence electrons. The molecule has 0 aliphatic carbocycles. The van der Waals surface area contributed by atoms with Gasteiger partial charge in [-0.05, 0) is 18.6 Å². The monoisotopic (exact) mass is 204 g/mol. The normalized spacial score (nSPS) is 19.7. The van der Waals surface area contributed by atoms with E-state index in [2.05, 4.69) is 0 Å². The molecule has 0 saturated carbocycles. The fraction of sp³-hybridized carbons (Fsp3) is 0.333. The summed E-state index contributed by atoms with van der Waals surface area (Å²) in [5.41, 5.74) is 0.524. The molecule has 0 fully saturated rings. The Morgan fingerprint density at radius 1 is 1.27 bits per heavy atom. The van der Waals surface area contributed by atoms with Crippen LogP contribution in [-0.2, 0) is 4.79 Å². The van der Waals surface area contributed by atoms with Crippen molar-refractivity contribution in [2.75, 3.05) is 0 Å². The van der Waals surface area contributed by atoms with Crippen LogP contribution >= 0.6 is 0 Å². The Hall–Kier alpha value is -1.64. The quantitative estimate of drug-likeness (QED) is 0.421. The summed E-state index contributed by atoms with van der Waals surface area (Å²) in [7, 11) is 0. The third-order valence-corrected chi connectivity index (χ3v) is 2.54. The summed E-state index contributed by atoms with van der Waals surface area (Å²) < 4.78 is 5.11. The van der Waals surface area contributed by atoms with E-state index >= 15 is 0 Å². The molecule has 1 heterocycles. The number of benzene rings is 1. The van der Waals surface area contributed by atoms with Crippen molar-refractivity contribution < 1.29 is 14.3 Å². The largest absolute Gasteiger partial charge is 0.425 e. The van der Waals surface area contributed by atoms with Crippen molar-refractivity contribution >= 4 is 11.8 Å². The molecule has 3 heteroatoms. The van der Waals surface area contributed by atoms with Gasteiger partial charge in [0, 0.05) is 0 Å². The lowest BCUT2D eigenvalue weighted by Crippen LogP contribution is -2.33. The summed E-state index contributed by atoms with van der Waals surface area (Å²) in [5.74, 6) is -0.742. The molecule has 15 heavy (non-hydrogen) atoms. The number of esters is 1. The van der Waals surface area contributed by atoms with E-state index in [1.165, 1.54) is 0 Å². The number of carbonyl (C=O) groups excluding carboxylic acids is 2. The first-order valence-corrected chi connectivity index (χ1v) is 5.09. The minimum Gasteiger partial charge on any atom is -0.425 e. The second-order valence-corrected chi connectivity index (χ2v) is 3.62. The number of carbonyl (C=O) groups is 2. The molecule has 0 bridgehead atoms. The van der Waals surface area contributed by atoms with Gasteiger partial charge in [0.1, 0.15) is 11.7 Å². The maximum atomic E-state index is 11.9. The number of Topliss-reactive ketones (excluding diaryl/α,β-unsaturated/α-hetero) is 1. The summed E-state index contributed by atoms with van der Waals surface area (Å²) in [5, 5.41) is 0. The second-order valence-electron chi connectivity index (χ2n) is 3.62. The molecule has 2 rings (SSSR count). The molecule has 1 atom stereocenters. The average Bonchev–Trinajstić information content (AvgIpc) is 2.24. The third kappa shape index (κ3) is 1.65. The molecule has 0 amide bonds. The number of fused-ring (bicyclic) bond motifs is 1. The van der Waals surface area contributed by atoms with E-state index in [4.69, 9.17) is 4.74 Å². The Morgan fingerprint density at radius 2 is 2.00 bits per heavy atom. The molecule has 1 unspecified atom stereocenters. The number of rotatable bonds is 2. The first kappa shape index (κ1) is 9.90. The number of ether oxygens (including phenoxy) is 1. The van der Waals surface area contributed by atoms with E-state index in [-0.39, 0.29) is 5.78 Å². The highest BCUT2D eigenvalue weighted by Gasteiger charge is 2.35. The van der Waals surface area contributed by atoms with Crippen LogP contribution in [0.3, 0.4) is 0 Å². The molecule has 0 radical (unpaired) electrons. The van der Waals surface area contributed by atoms with Crippen LogP contribution in [0.2, 0.25) is 0 Å². The van der Waals surface area contributed by atoms with E-state index in [9.17, 15) is 9.59 Å². The molecule has 1 aliphatic rings. The Balaban J connectivity index is 2.38. The molecule has 1 aromatic rings. The minimum absolute atomic E-state index is 0.108. The third-order valence-electron chi connectivity index (χ3n) is 2.54. The molecule has 1 aromatic carbocycles. The standard InChI is InChI=1S/C12H12O3/c1-2-5-9-11(13)8-6-3-4-7-10(8)15-12(9)14/h3-4,6-7,9H,2,5H2,1H3. The van der Waals surface area contributed by atoms with E-state index in [0.717, 1.165) is 6.42 Å². The van der Waals surface area contributed by atoms with Crippen molar-refractivity contribution in [2.24, 2.45) is 5.92 Å². The molecule has 0 saturated heterocycles. The number of hydrogen-bond donors (Lipinski definition) is 0. The van der Waals surface area contributed by atoms with Crippen molar-refractivity contribution in [1.82, 2.24) is 0 Å². The van der Waals surface area contributed by atoms with E-state index < -0.39 is 11.9 Å². The lowest BCUT2D eigenvalue weighted by Gasteiger charge is -2.21. The molecule has 0 aromatic heterocycles. The van der Waals surface area contributed by atoms with Gasteiger partial charge >= 0.3 is 5.97 Å². The van der Waals surface area contributed by atoms with Gasteiger partial charge in [0.25, 0.3) is 0 Å². The number of ketones is 1. The Kier molecular flexibility index (Phi) is 2.54. The van der Waals surface area contributed by atoms with Crippen molar-refractivity contribution in [3.63, 3.8) is 0 Å². The molecule has 1 aliphatic heterocycles. The van der Waals surface area contributed by atoms with Gasteiger partial charge < -0.3 is 4.74 Å². The smallest absolute Gasteiger partial charge is 0.322 e. The van der Waals surface area contributed by atoms with Crippen molar-refractivity contribution in [3.05, 3.63) is 29.8 Å². The predicted octanol–water partition coefficient (Wildman–Crippen LogP) is 2.20. The van der Waals surface area contributed by atoms with Crippen molar-refractivity contribution in [2.45, 2.75) is 19.8 Å².